The van der Waals surface area contributed by atoms with Gasteiger partial charge >= 0.3 is 5.97 Å². The molecular weight excluding hydrogens is 224 g/mol. The number of rotatable bonds is 2. The summed E-state index contributed by atoms with van der Waals surface area (Å²) in [6, 6.07) is 0. The topological polar surface area (TPSA) is 26.3 Å². The van der Waals surface area contributed by atoms with Crippen molar-refractivity contribution in [2.75, 3.05) is 0 Å². The maximum atomic E-state index is 11.2. The molecule has 0 N–H and O–H groups in total. The standard InChI is InChI=1S/C16H24O2/c1-9(2)12-6-5-10(3)16-8-7-13(18-11(4)17)15(16)14(12)16/h7,9-10,12,14-15H,5-6,8H2,1-4H3/t10-,12+,14+,15+,16+/m1/s1. The van der Waals surface area contributed by atoms with E-state index in [4.69, 9.17) is 4.74 Å². The lowest BCUT2D eigenvalue weighted by atomic mass is 9.70. The summed E-state index contributed by atoms with van der Waals surface area (Å²) in [6.07, 6.45) is 6.02. The van der Waals surface area contributed by atoms with Crippen LogP contribution < -0.4 is 0 Å². The average Bonchev–Trinajstić information content (AvgIpc) is 2.83. The largest absolute Gasteiger partial charge is 0.431 e. The zero-order chi connectivity index (χ0) is 13.1. The van der Waals surface area contributed by atoms with E-state index in [1.807, 2.05) is 0 Å². The molecule has 2 saturated carbocycles. The molecule has 0 saturated heterocycles. The van der Waals surface area contributed by atoms with Crippen LogP contribution in [0.4, 0.5) is 0 Å². The van der Waals surface area contributed by atoms with Crippen LogP contribution in [-0.2, 0) is 9.53 Å². The SMILES string of the molecule is CC(=O)OC1=CC[C@@]23[C@@H]([C@H](C(C)C)CC[C@H]2C)[C@H]13. The highest BCUT2D eigenvalue weighted by molar-refractivity contribution is 5.67. The van der Waals surface area contributed by atoms with E-state index < -0.39 is 0 Å². The van der Waals surface area contributed by atoms with Gasteiger partial charge in [-0.2, -0.15) is 0 Å². The molecule has 5 atom stereocenters. The van der Waals surface area contributed by atoms with Crippen molar-refractivity contribution in [3.8, 4) is 0 Å². The Labute approximate surface area is 110 Å². The van der Waals surface area contributed by atoms with Crippen LogP contribution in [0.3, 0.4) is 0 Å². The summed E-state index contributed by atoms with van der Waals surface area (Å²) in [5.41, 5.74) is 0.456. The Balaban J connectivity index is 1.85. The Bertz CT molecular complexity index is 409. The highest BCUT2D eigenvalue weighted by Crippen LogP contribution is 2.78. The van der Waals surface area contributed by atoms with E-state index in [2.05, 4.69) is 26.8 Å². The van der Waals surface area contributed by atoms with E-state index >= 15 is 0 Å². The fraction of sp³-hybridized carbons (Fsp3) is 0.812. The summed E-state index contributed by atoms with van der Waals surface area (Å²) in [5.74, 6) is 4.52. The van der Waals surface area contributed by atoms with Crippen molar-refractivity contribution >= 4 is 5.97 Å². The van der Waals surface area contributed by atoms with Crippen LogP contribution in [0.15, 0.2) is 11.8 Å². The Morgan fingerprint density at radius 3 is 2.78 bits per heavy atom. The van der Waals surface area contributed by atoms with Gasteiger partial charge in [0.25, 0.3) is 0 Å². The maximum Gasteiger partial charge on any atom is 0.307 e. The number of hydrogen-bond acceptors (Lipinski definition) is 2. The van der Waals surface area contributed by atoms with Crippen molar-refractivity contribution in [3.05, 3.63) is 11.8 Å². The first-order valence-electron chi connectivity index (χ1n) is 7.37. The summed E-state index contributed by atoms with van der Waals surface area (Å²) in [6.45, 7) is 8.60. The summed E-state index contributed by atoms with van der Waals surface area (Å²) in [5, 5.41) is 0. The Kier molecular flexibility index (Phi) is 2.62. The van der Waals surface area contributed by atoms with Crippen molar-refractivity contribution in [1.82, 2.24) is 0 Å². The first-order chi connectivity index (χ1) is 8.48. The van der Waals surface area contributed by atoms with Gasteiger partial charge in [0.15, 0.2) is 0 Å². The van der Waals surface area contributed by atoms with E-state index in [1.54, 1.807) is 0 Å². The van der Waals surface area contributed by atoms with E-state index in [9.17, 15) is 4.79 Å². The number of esters is 1. The molecule has 2 fully saturated rings. The van der Waals surface area contributed by atoms with Gasteiger partial charge in [0, 0.05) is 12.8 Å². The minimum Gasteiger partial charge on any atom is -0.431 e. The molecule has 18 heavy (non-hydrogen) atoms. The van der Waals surface area contributed by atoms with Gasteiger partial charge in [-0.15, -0.1) is 0 Å². The Morgan fingerprint density at radius 2 is 2.17 bits per heavy atom. The number of fused-ring (bicyclic) bond motifs is 1. The fourth-order valence-corrected chi connectivity index (χ4v) is 4.99. The number of allylic oxidation sites excluding steroid dienone is 2. The van der Waals surface area contributed by atoms with Crippen molar-refractivity contribution < 1.29 is 9.53 Å². The van der Waals surface area contributed by atoms with Crippen LogP contribution in [-0.4, -0.2) is 5.97 Å². The lowest BCUT2D eigenvalue weighted by molar-refractivity contribution is -0.137. The zero-order valence-corrected chi connectivity index (χ0v) is 11.9. The van der Waals surface area contributed by atoms with Crippen LogP contribution in [0, 0.1) is 35.0 Å². The molecule has 0 heterocycles. The lowest BCUT2D eigenvalue weighted by Gasteiger charge is -2.35. The second kappa shape index (κ2) is 3.85. The molecule has 3 rings (SSSR count). The molecule has 0 unspecified atom stereocenters. The van der Waals surface area contributed by atoms with E-state index in [0.29, 0.717) is 11.3 Å². The third-order valence-corrected chi connectivity index (χ3v) is 5.84. The van der Waals surface area contributed by atoms with Crippen LogP contribution in [0.2, 0.25) is 0 Å². The average molecular weight is 248 g/mol. The smallest absolute Gasteiger partial charge is 0.307 e. The van der Waals surface area contributed by atoms with Gasteiger partial charge in [0.05, 0.1) is 0 Å². The predicted octanol–water partition coefficient (Wildman–Crippen LogP) is 3.77. The van der Waals surface area contributed by atoms with Crippen molar-refractivity contribution in [3.63, 3.8) is 0 Å². The highest BCUT2D eigenvalue weighted by Gasteiger charge is 2.74. The van der Waals surface area contributed by atoms with Gasteiger partial charge < -0.3 is 4.74 Å². The van der Waals surface area contributed by atoms with Gasteiger partial charge in [-0.3, -0.25) is 4.79 Å². The van der Waals surface area contributed by atoms with Gasteiger partial charge in [-0.05, 0) is 54.4 Å². The maximum absolute atomic E-state index is 11.2. The summed E-state index contributed by atoms with van der Waals surface area (Å²) in [4.78, 5) is 11.2. The van der Waals surface area contributed by atoms with Gasteiger partial charge in [0.1, 0.15) is 5.76 Å². The summed E-state index contributed by atoms with van der Waals surface area (Å²) < 4.78 is 5.45. The first kappa shape index (κ1) is 12.3. The zero-order valence-electron chi connectivity index (χ0n) is 11.9. The van der Waals surface area contributed by atoms with Crippen LogP contribution >= 0.6 is 0 Å². The fourth-order valence-electron chi connectivity index (χ4n) is 4.99. The molecule has 0 bridgehead atoms. The van der Waals surface area contributed by atoms with E-state index in [0.717, 1.165) is 35.9 Å². The lowest BCUT2D eigenvalue weighted by Crippen LogP contribution is -2.27. The molecular formula is C16H24O2. The van der Waals surface area contributed by atoms with Crippen molar-refractivity contribution in [1.29, 1.82) is 0 Å². The van der Waals surface area contributed by atoms with E-state index in [-0.39, 0.29) is 5.97 Å². The molecule has 2 heteroatoms. The molecule has 2 nitrogen and oxygen atoms in total. The summed E-state index contributed by atoms with van der Waals surface area (Å²) in [7, 11) is 0. The van der Waals surface area contributed by atoms with Crippen molar-refractivity contribution in [2.45, 2.75) is 47.0 Å². The molecule has 0 aromatic rings. The minimum atomic E-state index is -0.157. The molecule has 3 aliphatic rings. The van der Waals surface area contributed by atoms with Gasteiger partial charge in [-0.25, -0.2) is 0 Å². The number of carbonyl (C=O) groups is 1. The molecule has 0 aromatic carbocycles. The first-order valence-corrected chi connectivity index (χ1v) is 7.37. The monoisotopic (exact) mass is 248 g/mol. The minimum absolute atomic E-state index is 0.157. The highest BCUT2D eigenvalue weighted by atomic mass is 16.5. The van der Waals surface area contributed by atoms with E-state index in [1.165, 1.54) is 19.8 Å². The number of hydrogen-bond donors (Lipinski definition) is 0. The molecule has 0 radical (unpaired) electrons. The summed E-state index contributed by atoms with van der Waals surface area (Å²) >= 11 is 0. The molecule has 0 aromatic heterocycles. The third kappa shape index (κ3) is 1.44. The Morgan fingerprint density at radius 1 is 1.44 bits per heavy atom. The number of ether oxygens (including phenoxy) is 1. The molecule has 0 aliphatic heterocycles. The van der Waals surface area contributed by atoms with Crippen molar-refractivity contribution in [2.24, 2.45) is 35.0 Å². The van der Waals surface area contributed by atoms with Crippen LogP contribution in [0.5, 0.6) is 0 Å². The number of carbonyl (C=O) groups excluding carboxylic acids is 1. The molecule has 100 valence electrons. The molecule has 0 amide bonds. The third-order valence-electron chi connectivity index (χ3n) is 5.84. The normalized spacial score (nSPS) is 45.3. The predicted molar refractivity (Wildman–Crippen MR) is 70.6 cm³/mol. The molecule has 1 spiro atoms. The Hall–Kier alpha value is -0.790. The van der Waals surface area contributed by atoms with Crippen LogP contribution in [0.25, 0.3) is 0 Å². The second-order valence-electron chi connectivity index (χ2n) is 6.91. The van der Waals surface area contributed by atoms with Crippen LogP contribution in [0.1, 0.15) is 47.0 Å². The van der Waals surface area contributed by atoms with Gasteiger partial charge in [-0.1, -0.05) is 20.8 Å². The quantitative estimate of drug-likeness (QED) is 0.695. The van der Waals surface area contributed by atoms with Gasteiger partial charge in [0.2, 0.25) is 0 Å². The molecule has 3 aliphatic carbocycles. The second-order valence-corrected chi connectivity index (χ2v) is 6.91.